The molecule has 2 amide bonds. The molecular weight excluding hydrogens is 446 g/mol. The lowest BCUT2D eigenvalue weighted by atomic mass is 9.59. The highest BCUT2D eigenvalue weighted by molar-refractivity contribution is 6.15. The number of rotatable bonds is 5. The number of amides is 2. The first-order valence-electron chi connectivity index (χ1n) is 10.7. The topological polar surface area (TPSA) is 183 Å². The number of nitrogens with two attached hydrogens (primary N) is 1. The molecule has 4 rings (SSSR count). The van der Waals surface area contributed by atoms with Gasteiger partial charge in [0, 0.05) is 29.5 Å². The van der Waals surface area contributed by atoms with E-state index in [0.29, 0.717) is 12.0 Å². The summed E-state index contributed by atoms with van der Waals surface area (Å²) in [6.07, 6.45) is 0.263. The van der Waals surface area contributed by atoms with Crippen molar-refractivity contribution >= 4 is 23.8 Å². The molecule has 11 nitrogen and oxygen atoms in total. The Morgan fingerprint density at radius 1 is 1.32 bits per heavy atom. The van der Waals surface area contributed by atoms with E-state index in [2.05, 4.69) is 5.32 Å². The van der Waals surface area contributed by atoms with Crippen molar-refractivity contribution in [2.75, 3.05) is 26.5 Å². The molecular formula is C23H27N3O8. The van der Waals surface area contributed by atoms with E-state index in [0.717, 1.165) is 0 Å². The molecule has 34 heavy (non-hydrogen) atoms. The fraction of sp³-hybridized carbons (Fsp3) is 0.435. The number of aliphatic hydroxyl groups excluding tert-OH is 2. The van der Waals surface area contributed by atoms with Crippen LogP contribution in [0.5, 0.6) is 11.5 Å². The van der Waals surface area contributed by atoms with Crippen LogP contribution in [0.25, 0.3) is 0 Å². The molecule has 11 heteroatoms. The fourth-order valence-corrected chi connectivity index (χ4v) is 5.72. The van der Waals surface area contributed by atoms with Crippen molar-refractivity contribution in [2.45, 2.75) is 30.9 Å². The molecule has 0 aliphatic heterocycles. The quantitative estimate of drug-likeness (QED) is 0.262. The molecule has 0 radical (unpaired) electrons. The van der Waals surface area contributed by atoms with E-state index in [1.54, 1.807) is 19.0 Å². The van der Waals surface area contributed by atoms with Crippen LogP contribution < -0.4 is 15.8 Å². The molecule has 0 spiro atoms. The molecule has 0 heterocycles. The van der Waals surface area contributed by atoms with Crippen molar-refractivity contribution in [3.63, 3.8) is 0 Å². The molecule has 0 saturated heterocycles. The monoisotopic (exact) mass is 473 g/mol. The van der Waals surface area contributed by atoms with Crippen molar-refractivity contribution in [3.8, 4) is 11.5 Å². The Morgan fingerprint density at radius 3 is 2.56 bits per heavy atom. The van der Waals surface area contributed by atoms with Gasteiger partial charge >= 0.3 is 0 Å². The summed E-state index contributed by atoms with van der Waals surface area (Å²) in [5.41, 5.74) is 3.30. The van der Waals surface area contributed by atoms with Crippen LogP contribution in [0.2, 0.25) is 0 Å². The van der Waals surface area contributed by atoms with Crippen LogP contribution in [0.1, 0.15) is 28.8 Å². The number of ketones is 1. The lowest BCUT2D eigenvalue weighted by Crippen LogP contribution is -2.59. The van der Waals surface area contributed by atoms with Crippen LogP contribution in [0.15, 0.2) is 28.7 Å². The van der Waals surface area contributed by atoms with Crippen LogP contribution in [0.4, 0.5) is 5.69 Å². The summed E-state index contributed by atoms with van der Waals surface area (Å²) in [6.45, 7) is 0. The second-order valence-electron chi connectivity index (χ2n) is 9.16. The highest BCUT2D eigenvalue weighted by Crippen LogP contribution is 2.54. The SMILES string of the molecule is COc1cc(NC=O)c(O)c2c1C[C@H]1C[C@H]3[C@H](N(C)C)C(O)=C(C(N)=O)C[C@@]3(O)C(O)=C1C2=O. The average Bonchev–Trinajstić information content (AvgIpc) is 2.76. The molecule has 1 aromatic rings. The number of phenolic OH excluding ortho intramolecular Hbond substituents is 1. The molecule has 0 saturated carbocycles. The minimum Gasteiger partial charge on any atom is -0.510 e. The second kappa shape index (κ2) is 8.03. The maximum absolute atomic E-state index is 13.6. The largest absolute Gasteiger partial charge is 0.510 e. The second-order valence-corrected chi connectivity index (χ2v) is 9.16. The van der Waals surface area contributed by atoms with E-state index in [4.69, 9.17) is 10.5 Å². The molecule has 0 bridgehead atoms. The van der Waals surface area contributed by atoms with Gasteiger partial charge in [0.1, 0.15) is 22.9 Å². The summed E-state index contributed by atoms with van der Waals surface area (Å²) < 4.78 is 5.40. The van der Waals surface area contributed by atoms with Gasteiger partial charge < -0.3 is 36.2 Å². The Morgan fingerprint density at radius 2 is 2.00 bits per heavy atom. The predicted octanol–water partition coefficient (Wildman–Crippen LogP) is 0.519. The first-order chi connectivity index (χ1) is 16.0. The zero-order valence-corrected chi connectivity index (χ0v) is 19.0. The van der Waals surface area contributed by atoms with E-state index < -0.39 is 53.1 Å². The summed E-state index contributed by atoms with van der Waals surface area (Å²) in [5, 5.41) is 46.7. The van der Waals surface area contributed by atoms with Gasteiger partial charge in [-0.1, -0.05) is 0 Å². The smallest absolute Gasteiger partial charge is 0.248 e. The zero-order valence-electron chi connectivity index (χ0n) is 19.0. The van der Waals surface area contributed by atoms with Gasteiger partial charge in [0.2, 0.25) is 12.3 Å². The number of anilines is 1. The number of aliphatic hydroxyl groups is 3. The van der Waals surface area contributed by atoms with Crippen molar-refractivity contribution in [1.82, 2.24) is 4.90 Å². The first kappa shape index (κ1) is 23.6. The maximum atomic E-state index is 13.6. The van der Waals surface area contributed by atoms with E-state index in [9.17, 15) is 34.8 Å². The number of likely N-dealkylation sites (N-methyl/N-ethyl adjacent to an activating group) is 1. The number of allylic oxidation sites excluding steroid dienone is 1. The Kier molecular flexibility index (Phi) is 5.57. The molecule has 182 valence electrons. The van der Waals surface area contributed by atoms with Crippen molar-refractivity contribution in [1.29, 1.82) is 0 Å². The average molecular weight is 473 g/mol. The Balaban J connectivity index is 1.93. The molecule has 3 aliphatic carbocycles. The van der Waals surface area contributed by atoms with E-state index >= 15 is 0 Å². The summed E-state index contributed by atoms with van der Waals surface area (Å²) in [7, 11) is 4.71. The number of carbonyl (C=O) groups is 3. The standard InChI is InChI=1S/C23H27N3O8/c1-26(2)17-12-5-9-4-10-14(34-3)6-13(25-8-27)19(29)16(10)20(30)15(9)21(31)23(12,33)7-11(18(17)28)22(24)32/h6,8-9,12,17,28-29,31,33H,4-5,7H2,1-3H3,(H2,24,32)(H,25,27)/t9-,12-,17-,23-/m0/s1. The molecule has 7 N–H and O–H groups in total. The van der Waals surface area contributed by atoms with Crippen LogP contribution in [-0.2, 0) is 16.0 Å². The molecule has 3 aliphatic rings. The minimum atomic E-state index is -2.04. The Hall–Kier alpha value is -3.57. The summed E-state index contributed by atoms with van der Waals surface area (Å²) in [6, 6.07) is 0.566. The first-order valence-corrected chi connectivity index (χ1v) is 10.7. The highest BCUT2D eigenvalue weighted by atomic mass is 16.5. The van der Waals surface area contributed by atoms with Crippen molar-refractivity contribution in [2.24, 2.45) is 17.6 Å². The van der Waals surface area contributed by atoms with Gasteiger partial charge in [-0.15, -0.1) is 0 Å². The third-order valence-corrected chi connectivity index (χ3v) is 7.22. The van der Waals surface area contributed by atoms with Crippen LogP contribution in [0, 0.1) is 11.8 Å². The summed E-state index contributed by atoms with van der Waals surface area (Å²) in [5.74, 6) is -4.08. The normalized spacial score (nSPS) is 28.3. The number of hydrogen-bond acceptors (Lipinski definition) is 9. The summed E-state index contributed by atoms with van der Waals surface area (Å²) >= 11 is 0. The Labute approximate surface area is 195 Å². The van der Waals surface area contributed by atoms with Gasteiger partial charge in [-0.25, -0.2) is 0 Å². The van der Waals surface area contributed by atoms with Gasteiger partial charge in [-0.05, 0) is 32.9 Å². The van der Waals surface area contributed by atoms with Gasteiger partial charge in [0.25, 0.3) is 0 Å². The molecule has 0 aromatic heterocycles. The van der Waals surface area contributed by atoms with Crippen LogP contribution >= 0.6 is 0 Å². The van der Waals surface area contributed by atoms with E-state index in [-0.39, 0.29) is 46.7 Å². The number of Topliss-reactive ketones (excluding diaryl/α,β-unsaturated/α-hetero) is 1. The number of nitrogens with zero attached hydrogens (tertiary/aromatic N) is 1. The number of primary amides is 1. The zero-order chi connectivity index (χ0) is 25.1. The number of methoxy groups -OCH3 is 1. The molecule has 0 unspecified atom stereocenters. The van der Waals surface area contributed by atoms with Crippen molar-refractivity contribution in [3.05, 3.63) is 39.9 Å². The lowest BCUT2D eigenvalue weighted by Gasteiger charge is -2.51. The number of fused-ring (bicyclic) bond motifs is 3. The third-order valence-electron chi connectivity index (χ3n) is 7.22. The number of hydrogen-bond donors (Lipinski definition) is 6. The fourth-order valence-electron chi connectivity index (χ4n) is 5.72. The molecule has 0 fully saturated rings. The summed E-state index contributed by atoms with van der Waals surface area (Å²) in [4.78, 5) is 38.2. The highest BCUT2D eigenvalue weighted by Gasteiger charge is 2.58. The Bertz CT molecular complexity index is 1170. The van der Waals surface area contributed by atoms with Gasteiger partial charge in [-0.3, -0.25) is 19.3 Å². The van der Waals surface area contributed by atoms with Gasteiger partial charge in [0.05, 0.1) is 30.0 Å². The third kappa shape index (κ3) is 3.15. The molecule has 1 aromatic carbocycles. The number of aromatic hydroxyl groups is 1. The van der Waals surface area contributed by atoms with E-state index in [1.807, 2.05) is 0 Å². The van der Waals surface area contributed by atoms with Crippen LogP contribution in [-0.4, -0.2) is 76.3 Å². The molecule has 4 atom stereocenters. The number of nitrogens with one attached hydrogen (secondary N) is 1. The number of ether oxygens (including phenoxy) is 1. The van der Waals surface area contributed by atoms with Crippen LogP contribution in [0.3, 0.4) is 0 Å². The van der Waals surface area contributed by atoms with Gasteiger partial charge in [0.15, 0.2) is 11.5 Å². The van der Waals surface area contributed by atoms with Gasteiger partial charge in [-0.2, -0.15) is 0 Å². The minimum absolute atomic E-state index is 0.0425. The number of benzene rings is 1. The maximum Gasteiger partial charge on any atom is 0.248 e. The predicted molar refractivity (Wildman–Crippen MR) is 120 cm³/mol. The lowest BCUT2D eigenvalue weighted by molar-refractivity contribution is -0.118. The number of carbonyl (C=O) groups excluding carboxylic acids is 3. The number of phenols is 1. The van der Waals surface area contributed by atoms with E-state index in [1.165, 1.54) is 13.2 Å². The van der Waals surface area contributed by atoms with Crippen molar-refractivity contribution < 1.29 is 39.5 Å².